The molecule has 2 aliphatic rings. The van der Waals surface area contributed by atoms with E-state index in [1.165, 1.54) is 0 Å². The number of para-hydroxylation sites is 4. The Balaban J connectivity index is 1.54. The highest BCUT2D eigenvalue weighted by atomic mass is 32.2. The van der Waals surface area contributed by atoms with E-state index in [0.717, 1.165) is 43.9 Å². The Kier molecular flexibility index (Phi) is 4.91. The third-order valence-corrected chi connectivity index (χ3v) is 9.50. The summed E-state index contributed by atoms with van der Waals surface area (Å²) in [6.45, 7) is 0. The van der Waals surface area contributed by atoms with Crippen molar-refractivity contribution in [2.75, 3.05) is 9.80 Å². The number of hydrogen-bond donors (Lipinski definition) is 0. The molecule has 0 aliphatic carbocycles. The summed E-state index contributed by atoms with van der Waals surface area (Å²) in [5.41, 5.74) is 5.39. The molecule has 0 bridgehead atoms. The van der Waals surface area contributed by atoms with Crippen LogP contribution in [0.5, 0.6) is 0 Å². The van der Waals surface area contributed by atoms with Gasteiger partial charge in [0.2, 0.25) is 0 Å². The fourth-order valence-corrected chi connectivity index (χ4v) is 7.77. The van der Waals surface area contributed by atoms with Crippen LogP contribution in [-0.4, -0.2) is 8.42 Å². The summed E-state index contributed by atoms with van der Waals surface area (Å²) in [4.78, 5) is 7.12. The second-order valence-corrected chi connectivity index (χ2v) is 11.4. The molecular formula is C30H20N2O2S2. The maximum Gasteiger partial charge on any atom is 0.0892 e. The van der Waals surface area contributed by atoms with Crippen LogP contribution >= 0.6 is 0 Å². The van der Waals surface area contributed by atoms with Crippen molar-refractivity contribution >= 4 is 55.7 Å². The van der Waals surface area contributed by atoms with Crippen LogP contribution in [0.2, 0.25) is 0 Å². The third kappa shape index (κ3) is 3.11. The number of benzene rings is 5. The number of fused-ring (bicyclic) bond motifs is 4. The molecule has 2 atom stereocenters. The quantitative estimate of drug-likeness (QED) is 0.243. The minimum atomic E-state index is -1.41. The molecule has 5 aromatic rings. The average molecular weight is 505 g/mol. The van der Waals surface area contributed by atoms with Crippen molar-refractivity contribution in [2.24, 2.45) is 0 Å². The summed E-state index contributed by atoms with van der Waals surface area (Å²) in [6.07, 6.45) is 0. The zero-order chi connectivity index (χ0) is 24.2. The molecule has 0 spiro atoms. The first kappa shape index (κ1) is 21.3. The molecule has 6 heteroatoms. The zero-order valence-electron chi connectivity index (χ0n) is 19.1. The van der Waals surface area contributed by atoms with Crippen LogP contribution in [0.25, 0.3) is 0 Å². The SMILES string of the molecule is O=S1c2ccccc2N(c2ccccc2)c2cc3c(cc21)S(=O)c1ccccc1N3c1ccccc1. The van der Waals surface area contributed by atoms with E-state index < -0.39 is 21.6 Å². The van der Waals surface area contributed by atoms with Gasteiger partial charge >= 0.3 is 0 Å². The molecule has 4 nitrogen and oxygen atoms in total. The minimum Gasteiger partial charge on any atom is -0.308 e. The lowest BCUT2D eigenvalue weighted by atomic mass is 10.1. The lowest BCUT2D eigenvalue weighted by Gasteiger charge is -2.37. The van der Waals surface area contributed by atoms with Crippen molar-refractivity contribution in [1.29, 1.82) is 0 Å². The standard InChI is InChI=1S/C30H20N2O2S2/c33-35-27-17-9-7-15-23(27)31(21-11-3-1-4-12-21)25-19-26-30(20-29(25)35)36(34)28-18-10-8-16-24(28)32(26)22-13-5-2-6-14-22/h1-20H. The summed E-state index contributed by atoms with van der Waals surface area (Å²) >= 11 is 0. The molecule has 0 radical (unpaired) electrons. The number of anilines is 6. The van der Waals surface area contributed by atoms with Crippen LogP contribution < -0.4 is 9.80 Å². The van der Waals surface area contributed by atoms with Gasteiger partial charge in [0, 0.05) is 11.4 Å². The van der Waals surface area contributed by atoms with Crippen LogP contribution in [0.4, 0.5) is 34.1 Å². The van der Waals surface area contributed by atoms with Gasteiger partial charge in [0.1, 0.15) is 0 Å². The molecule has 0 saturated heterocycles. The molecule has 2 heterocycles. The minimum absolute atomic E-state index is 0.664. The number of nitrogens with zero attached hydrogens (tertiary/aromatic N) is 2. The van der Waals surface area contributed by atoms with Crippen molar-refractivity contribution < 1.29 is 8.42 Å². The Hall–Kier alpha value is -4.00. The van der Waals surface area contributed by atoms with Gasteiger partial charge < -0.3 is 9.80 Å². The van der Waals surface area contributed by atoms with E-state index in [4.69, 9.17) is 0 Å². The van der Waals surface area contributed by atoms with Gasteiger partial charge in [-0.3, -0.25) is 0 Å². The topological polar surface area (TPSA) is 40.6 Å². The monoisotopic (exact) mass is 504 g/mol. The lowest BCUT2D eigenvalue weighted by Crippen LogP contribution is -2.23. The summed E-state index contributed by atoms with van der Waals surface area (Å²) in [6, 6.07) is 39.7. The highest BCUT2D eigenvalue weighted by molar-refractivity contribution is 7.86. The first-order chi connectivity index (χ1) is 17.7. The van der Waals surface area contributed by atoms with E-state index in [1.807, 2.05) is 97.1 Å². The number of hydrogen-bond acceptors (Lipinski definition) is 4. The maximum absolute atomic E-state index is 13.8. The Labute approximate surface area is 214 Å². The largest absolute Gasteiger partial charge is 0.308 e. The fraction of sp³-hybridized carbons (Fsp3) is 0. The van der Waals surface area contributed by atoms with E-state index in [9.17, 15) is 8.42 Å². The Morgan fingerprint density at radius 3 is 1.22 bits per heavy atom. The van der Waals surface area contributed by atoms with Gasteiger partial charge in [0.25, 0.3) is 0 Å². The zero-order valence-corrected chi connectivity index (χ0v) is 20.7. The molecule has 2 unspecified atom stereocenters. The molecule has 0 aromatic heterocycles. The summed E-state index contributed by atoms with van der Waals surface area (Å²) in [5, 5.41) is 0. The molecule has 0 saturated carbocycles. The summed E-state index contributed by atoms with van der Waals surface area (Å²) in [7, 11) is -2.81. The number of rotatable bonds is 2. The molecule has 0 amide bonds. The van der Waals surface area contributed by atoms with Crippen molar-refractivity contribution in [3.63, 3.8) is 0 Å². The van der Waals surface area contributed by atoms with Crippen molar-refractivity contribution in [2.45, 2.75) is 19.6 Å². The van der Waals surface area contributed by atoms with Gasteiger partial charge in [-0.25, -0.2) is 8.42 Å². The van der Waals surface area contributed by atoms with Crippen LogP contribution in [0.3, 0.4) is 0 Å². The molecule has 0 N–H and O–H groups in total. The second-order valence-electron chi connectivity index (χ2n) is 8.60. The normalized spacial score (nSPS) is 17.6. The molecular weight excluding hydrogens is 484 g/mol. The molecule has 5 aromatic carbocycles. The second kappa shape index (κ2) is 8.29. The smallest absolute Gasteiger partial charge is 0.0892 e. The van der Waals surface area contributed by atoms with Crippen LogP contribution in [-0.2, 0) is 21.6 Å². The Bertz CT molecular complexity index is 1560. The Morgan fingerprint density at radius 2 is 0.778 bits per heavy atom. The van der Waals surface area contributed by atoms with E-state index >= 15 is 0 Å². The first-order valence-corrected chi connectivity index (χ1v) is 13.9. The summed E-state index contributed by atoms with van der Waals surface area (Å²) < 4.78 is 27.7. The summed E-state index contributed by atoms with van der Waals surface area (Å²) in [5.74, 6) is 0. The fourth-order valence-electron chi connectivity index (χ4n) is 4.99. The van der Waals surface area contributed by atoms with Crippen molar-refractivity contribution in [1.82, 2.24) is 0 Å². The highest BCUT2D eigenvalue weighted by Gasteiger charge is 2.35. The van der Waals surface area contributed by atoms with E-state index in [0.29, 0.717) is 9.79 Å². The van der Waals surface area contributed by atoms with E-state index in [2.05, 4.69) is 34.1 Å². The van der Waals surface area contributed by atoms with E-state index in [1.54, 1.807) is 0 Å². The van der Waals surface area contributed by atoms with E-state index in [-0.39, 0.29) is 0 Å². The molecule has 2 aliphatic heterocycles. The predicted octanol–water partition coefficient (Wildman–Crippen LogP) is 7.59. The maximum atomic E-state index is 13.8. The van der Waals surface area contributed by atoms with Crippen molar-refractivity contribution in [3.8, 4) is 0 Å². The predicted molar refractivity (Wildman–Crippen MR) is 145 cm³/mol. The first-order valence-electron chi connectivity index (χ1n) is 11.6. The van der Waals surface area contributed by atoms with Crippen LogP contribution in [0.15, 0.2) is 141 Å². The van der Waals surface area contributed by atoms with Gasteiger partial charge in [0.05, 0.1) is 63.9 Å². The van der Waals surface area contributed by atoms with Crippen LogP contribution in [0, 0.1) is 0 Å². The third-order valence-electron chi connectivity index (χ3n) is 6.56. The molecule has 0 fully saturated rings. The van der Waals surface area contributed by atoms with Gasteiger partial charge in [0.15, 0.2) is 0 Å². The Morgan fingerprint density at radius 1 is 0.389 bits per heavy atom. The molecule has 174 valence electrons. The lowest BCUT2D eigenvalue weighted by molar-refractivity contribution is 0.680. The van der Waals surface area contributed by atoms with Gasteiger partial charge in [-0.1, -0.05) is 60.7 Å². The van der Waals surface area contributed by atoms with Gasteiger partial charge in [-0.2, -0.15) is 0 Å². The molecule has 36 heavy (non-hydrogen) atoms. The van der Waals surface area contributed by atoms with Gasteiger partial charge in [-0.15, -0.1) is 0 Å². The van der Waals surface area contributed by atoms with Crippen LogP contribution in [0.1, 0.15) is 0 Å². The molecule has 7 rings (SSSR count). The van der Waals surface area contributed by atoms with Crippen molar-refractivity contribution in [3.05, 3.63) is 121 Å². The highest BCUT2D eigenvalue weighted by Crippen LogP contribution is 2.53. The van der Waals surface area contributed by atoms with Gasteiger partial charge in [-0.05, 0) is 60.7 Å². The average Bonchev–Trinajstić information content (AvgIpc) is 2.94.